The summed E-state index contributed by atoms with van der Waals surface area (Å²) < 4.78 is 5.41. The second-order valence-electron chi connectivity index (χ2n) is 3.74. The van der Waals surface area contributed by atoms with Crippen LogP contribution in [0.1, 0.15) is 24.8 Å². The van der Waals surface area contributed by atoms with Crippen LogP contribution in [0.25, 0.3) is 0 Å². The van der Waals surface area contributed by atoms with Crippen LogP contribution in [-0.2, 0) is 16.0 Å². The van der Waals surface area contributed by atoms with Crippen LogP contribution in [0.2, 0.25) is 0 Å². The third-order valence-corrected chi connectivity index (χ3v) is 2.36. The highest BCUT2D eigenvalue weighted by atomic mass is 16.5. The number of pyridine rings is 1. The molecule has 1 aromatic heterocycles. The standard InChI is InChI=1S/C12H19N3O2/c13-15-12(16)4-2-10-17-9-1-3-11-5-7-14-8-6-11/h5-8H,1-4,9-10,13H2,(H,15,16). The molecule has 5 nitrogen and oxygen atoms in total. The number of hydrazine groups is 1. The van der Waals surface area contributed by atoms with Gasteiger partial charge in [-0.3, -0.25) is 15.2 Å². The predicted molar refractivity (Wildman–Crippen MR) is 64.9 cm³/mol. The van der Waals surface area contributed by atoms with E-state index in [2.05, 4.69) is 10.4 Å². The van der Waals surface area contributed by atoms with Crippen molar-refractivity contribution in [3.63, 3.8) is 0 Å². The first-order chi connectivity index (χ1) is 8.33. The summed E-state index contributed by atoms with van der Waals surface area (Å²) in [5, 5.41) is 0. The van der Waals surface area contributed by atoms with E-state index >= 15 is 0 Å². The molecular weight excluding hydrogens is 218 g/mol. The molecule has 0 spiro atoms. The van der Waals surface area contributed by atoms with Crippen molar-refractivity contribution in [1.82, 2.24) is 10.4 Å². The number of hydrogen-bond donors (Lipinski definition) is 2. The SMILES string of the molecule is NNC(=O)CCCOCCCc1ccncc1. The number of amides is 1. The van der Waals surface area contributed by atoms with Crippen molar-refractivity contribution in [1.29, 1.82) is 0 Å². The number of nitrogens with one attached hydrogen (secondary N) is 1. The maximum Gasteiger partial charge on any atom is 0.233 e. The molecule has 0 atom stereocenters. The minimum Gasteiger partial charge on any atom is -0.381 e. The van der Waals surface area contributed by atoms with Crippen molar-refractivity contribution < 1.29 is 9.53 Å². The Labute approximate surface area is 101 Å². The van der Waals surface area contributed by atoms with Crippen molar-refractivity contribution in [2.45, 2.75) is 25.7 Å². The zero-order valence-electron chi connectivity index (χ0n) is 9.89. The number of aromatic nitrogens is 1. The number of nitrogens with zero attached hydrogens (tertiary/aromatic N) is 1. The van der Waals surface area contributed by atoms with E-state index < -0.39 is 0 Å². The van der Waals surface area contributed by atoms with Gasteiger partial charge in [0, 0.05) is 32.0 Å². The molecule has 0 saturated heterocycles. The van der Waals surface area contributed by atoms with Gasteiger partial charge in [0.05, 0.1) is 0 Å². The van der Waals surface area contributed by atoms with Crippen molar-refractivity contribution >= 4 is 5.91 Å². The average molecular weight is 237 g/mol. The van der Waals surface area contributed by atoms with Gasteiger partial charge in [-0.1, -0.05) is 0 Å². The van der Waals surface area contributed by atoms with E-state index in [-0.39, 0.29) is 5.91 Å². The van der Waals surface area contributed by atoms with Gasteiger partial charge in [0.1, 0.15) is 0 Å². The van der Waals surface area contributed by atoms with E-state index in [1.54, 1.807) is 12.4 Å². The van der Waals surface area contributed by atoms with Gasteiger partial charge >= 0.3 is 0 Å². The zero-order chi connectivity index (χ0) is 12.3. The summed E-state index contributed by atoms with van der Waals surface area (Å²) in [6.07, 6.45) is 6.68. The van der Waals surface area contributed by atoms with Gasteiger partial charge in [-0.05, 0) is 37.0 Å². The number of ether oxygens (including phenoxy) is 1. The Morgan fingerprint density at radius 3 is 2.71 bits per heavy atom. The van der Waals surface area contributed by atoms with Crippen LogP contribution in [0.4, 0.5) is 0 Å². The van der Waals surface area contributed by atoms with Crippen LogP contribution in [0.5, 0.6) is 0 Å². The molecule has 0 bridgehead atoms. The van der Waals surface area contributed by atoms with E-state index in [4.69, 9.17) is 10.6 Å². The number of nitrogens with two attached hydrogens (primary N) is 1. The fraction of sp³-hybridized carbons (Fsp3) is 0.500. The molecule has 1 rings (SSSR count). The highest BCUT2D eigenvalue weighted by Gasteiger charge is 1.97. The smallest absolute Gasteiger partial charge is 0.233 e. The molecule has 3 N–H and O–H groups in total. The fourth-order valence-corrected chi connectivity index (χ4v) is 1.44. The van der Waals surface area contributed by atoms with Gasteiger partial charge in [-0.25, -0.2) is 5.84 Å². The molecule has 0 radical (unpaired) electrons. The Kier molecular flexibility index (Phi) is 6.93. The Morgan fingerprint density at radius 2 is 2.00 bits per heavy atom. The van der Waals surface area contributed by atoms with Gasteiger partial charge in [-0.15, -0.1) is 0 Å². The maximum atomic E-state index is 10.8. The normalized spacial score (nSPS) is 10.2. The monoisotopic (exact) mass is 237 g/mol. The molecule has 0 aliphatic carbocycles. The summed E-state index contributed by atoms with van der Waals surface area (Å²) in [6, 6.07) is 4.01. The summed E-state index contributed by atoms with van der Waals surface area (Å²) in [5.41, 5.74) is 3.36. The largest absolute Gasteiger partial charge is 0.381 e. The first-order valence-corrected chi connectivity index (χ1v) is 5.79. The molecule has 0 aliphatic rings. The maximum absolute atomic E-state index is 10.8. The highest BCUT2D eigenvalue weighted by Crippen LogP contribution is 2.01. The second kappa shape index (κ2) is 8.66. The van der Waals surface area contributed by atoms with Crippen molar-refractivity contribution in [2.24, 2.45) is 5.84 Å². The van der Waals surface area contributed by atoms with Gasteiger partial charge in [-0.2, -0.15) is 0 Å². The van der Waals surface area contributed by atoms with Crippen LogP contribution in [0, 0.1) is 0 Å². The molecule has 0 aromatic carbocycles. The van der Waals surface area contributed by atoms with E-state index in [0.29, 0.717) is 26.1 Å². The highest BCUT2D eigenvalue weighted by molar-refractivity contribution is 5.75. The number of carbonyl (C=O) groups excluding carboxylic acids is 1. The molecular formula is C12H19N3O2. The van der Waals surface area contributed by atoms with Crippen molar-refractivity contribution in [3.05, 3.63) is 30.1 Å². The Balaban J connectivity index is 1.93. The quantitative estimate of drug-likeness (QED) is 0.303. The molecule has 0 saturated carbocycles. The molecule has 94 valence electrons. The Hall–Kier alpha value is -1.46. The molecule has 0 unspecified atom stereocenters. The van der Waals surface area contributed by atoms with E-state index in [1.807, 2.05) is 12.1 Å². The lowest BCUT2D eigenvalue weighted by Crippen LogP contribution is -2.29. The number of carbonyl (C=O) groups is 1. The lowest BCUT2D eigenvalue weighted by molar-refractivity contribution is -0.121. The van der Waals surface area contributed by atoms with E-state index in [0.717, 1.165) is 12.8 Å². The molecule has 1 amide bonds. The molecule has 5 heteroatoms. The Morgan fingerprint density at radius 1 is 1.29 bits per heavy atom. The summed E-state index contributed by atoms with van der Waals surface area (Å²) in [5.74, 6) is 4.81. The van der Waals surface area contributed by atoms with Crippen molar-refractivity contribution in [2.75, 3.05) is 13.2 Å². The van der Waals surface area contributed by atoms with Crippen LogP contribution in [0.3, 0.4) is 0 Å². The topological polar surface area (TPSA) is 77.2 Å². The number of hydrogen-bond acceptors (Lipinski definition) is 4. The van der Waals surface area contributed by atoms with Crippen LogP contribution < -0.4 is 11.3 Å². The predicted octanol–water partition coefficient (Wildman–Crippen LogP) is 0.801. The first-order valence-electron chi connectivity index (χ1n) is 5.79. The van der Waals surface area contributed by atoms with Gasteiger partial charge < -0.3 is 4.74 Å². The lowest BCUT2D eigenvalue weighted by atomic mass is 10.1. The van der Waals surface area contributed by atoms with Crippen LogP contribution in [0.15, 0.2) is 24.5 Å². The first kappa shape index (κ1) is 13.6. The number of aryl methyl sites for hydroxylation is 1. The molecule has 1 heterocycles. The van der Waals surface area contributed by atoms with E-state index in [9.17, 15) is 4.79 Å². The van der Waals surface area contributed by atoms with Gasteiger partial charge in [0.25, 0.3) is 0 Å². The fourth-order valence-electron chi connectivity index (χ4n) is 1.44. The summed E-state index contributed by atoms with van der Waals surface area (Å²) in [6.45, 7) is 1.32. The molecule has 17 heavy (non-hydrogen) atoms. The van der Waals surface area contributed by atoms with Crippen LogP contribution in [-0.4, -0.2) is 24.1 Å². The number of rotatable bonds is 8. The average Bonchev–Trinajstić information content (AvgIpc) is 2.38. The zero-order valence-corrected chi connectivity index (χ0v) is 9.89. The minimum absolute atomic E-state index is 0.148. The van der Waals surface area contributed by atoms with Crippen molar-refractivity contribution in [3.8, 4) is 0 Å². The minimum atomic E-state index is -0.148. The summed E-state index contributed by atoms with van der Waals surface area (Å²) >= 11 is 0. The molecule has 0 fully saturated rings. The lowest BCUT2D eigenvalue weighted by Gasteiger charge is -2.04. The summed E-state index contributed by atoms with van der Waals surface area (Å²) in [4.78, 5) is 14.7. The second-order valence-corrected chi connectivity index (χ2v) is 3.74. The third-order valence-electron chi connectivity index (χ3n) is 2.36. The molecule has 1 aromatic rings. The van der Waals surface area contributed by atoms with Gasteiger partial charge in [0.15, 0.2) is 0 Å². The Bertz CT molecular complexity index is 317. The van der Waals surface area contributed by atoms with Crippen LogP contribution >= 0.6 is 0 Å². The van der Waals surface area contributed by atoms with Gasteiger partial charge in [0.2, 0.25) is 5.91 Å². The van der Waals surface area contributed by atoms with E-state index in [1.165, 1.54) is 5.56 Å². The summed E-state index contributed by atoms with van der Waals surface area (Å²) in [7, 11) is 0. The third kappa shape index (κ3) is 6.65. The molecule has 0 aliphatic heterocycles.